The molecule has 1 atom stereocenters. The van der Waals surface area contributed by atoms with Crippen LogP contribution in [-0.4, -0.2) is 67.5 Å². The molecule has 0 aromatic heterocycles. The van der Waals surface area contributed by atoms with Gasteiger partial charge in [0.25, 0.3) is 0 Å². The Morgan fingerprint density at radius 3 is 2.30 bits per heavy atom. The zero-order chi connectivity index (χ0) is 22.8. The van der Waals surface area contributed by atoms with Crippen LogP contribution in [0.15, 0.2) is 53.5 Å². The largest absolute Gasteiger partial charge is 0.457 e. The highest BCUT2D eigenvalue weighted by molar-refractivity contribution is 14.0. The highest BCUT2D eigenvalue weighted by Gasteiger charge is 2.25. The summed E-state index contributed by atoms with van der Waals surface area (Å²) in [4.78, 5) is 6.84. The van der Waals surface area contributed by atoms with E-state index in [1.807, 2.05) is 38.1 Å². The first-order valence-corrected chi connectivity index (χ1v) is 11.0. The monoisotopic (exact) mass is 572 g/mol. The minimum absolute atomic E-state index is 0. The second kappa shape index (κ2) is 13.7. The number of rotatable bonds is 9. The lowest BCUT2D eigenvalue weighted by molar-refractivity contribution is -0.0201. The number of morpholine rings is 1. The average molecular weight is 572 g/mol. The number of ether oxygens (including phenoxy) is 2. The molecule has 182 valence electrons. The number of halogens is 2. The lowest BCUT2D eigenvalue weighted by Gasteiger charge is -2.34. The summed E-state index contributed by atoms with van der Waals surface area (Å²) in [6.07, 6.45) is 0. The third kappa shape index (κ3) is 9.83. The molecule has 1 unspecified atom stereocenters. The van der Waals surface area contributed by atoms with Crippen LogP contribution in [0.25, 0.3) is 0 Å². The van der Waals surface area contributed by atoms with E-state index in [2.05, 4.69) is 20.5 Å². The summed E-state index contributed by atoms with van der Waals surface area (Å²) in [6, 6.07) is 13.5. The third-order valence-electron chi connectivity index (χ3n) is 5.04. The summed E-state index contributed by atoms with van der Waals surface area (Å²) >= 11 is 0. The molecule has 0 radical (unpaired) electrons. The Labute approximate surface area is 212 Å². The highest BCUT2D eigenvalue weighted by atomic mass is 127. The van der Waals surface area contributed by atoms with Crippen LogP contribution in [0, 0.1) is 5.82 Å². The number of hydrogen-bond acceptors (Lipinski definition) is 5. The van der Waals surface area contributed by atoms with Gasteiger partial charge in [0.1, 0.15) is 17.3 Å². The van der Waals surface area contributed by atoms with Gasteiger partial charge in [0, 0.05) is 32.7 Å². The van der Waals surface area contributed by atoms with Gasteiger partial charge in [-0.3, -0.25) is 4.90 Å². The van der Waals surface area contributed by atoms with Crippen molar-refractivity contribution in [3.63, 3.8) is 0 Å². The Morgan fingerprint density at radius 2 is 1.70 bits per heavy atom. The molecule has 1 heterocycles. The molecule has 1 fully saturated rings. The summed E-state index contributed by atoms with van der Waals surface area (Å²) in [5.41, 5.74) is 0.140. The summed E-state index contributed by atoms with van der Waals surface area (Å²) in [7, 11) is 0. The van der Waals surface area contributed by atoms with Crippen molar-refractivity contribution in [2.24, 2.45) is 4.99 Å². The molecule has 0 spiro atoms. The van der Waals surface area contributed by atoms with Crippen LogP contribution in [0.5, 0.6) is 11.5 Å². The molecule has 2 aromatic carbocycles. The summed E-state index contributed by atoms with van der Waals surface area (Å²) in [6.45, 7) is 9.11. The predicted molar refractivity (Wildman–Crippen MR) is 139 cm³/mol. The molecule has 1 saturated heterocycles. The third-order valence-corrected chi connectivity index (χ3v) is 5.04. The van der Waals surface area contributed by atoms with Crippen LogP contribution < -0.4 is 15.4 Å². The fourth-order valence-corrected chi connectivity index (χ4v) is 3.38. The van der Waals surface area contributed by atoms with Gasteiger partial charge >= 0.3 is 0 Å². The van der Waals surface area contributed by atoms with E-state index in [-0.39, 0.29) is 29.8 Å². The molecule has 1 aliphatic rings. The normalized spacial score (nSPS) is 16.4. The fraction of sp³-hybridized carbons (Fsp3) is 0.458. The molecule has 0 bridgehead atoms. The number of benzene rings is 2. The minimum Gasteiger partial charge on any atom is -0.457 e. The first-order valence-electron chi connectivity index (χ1n) is 11.0. The minimum atomic E-state index is -0.882. The maximum absolute atomic E-state index is 13.0. The maximum Gasteiger partial charge on any atom is 0.191 e. The van der Waals surface area contributed by atoms with E-state index in [1.54, 1.807) is 12.1 Å². The van der Waals surface area contributed by atoms with Crippen LogP contribution in [0.2, 0.25) is 0 Å². The zero-order valence-electron chi connectivity index (χ0n) is 19.2. The van der Waals surface area contributed by atoms with Gasteiger partial charge in [0.05, 0.1) is 25.4 Å². The second-order valence-corrected chi connectivity index (χ2v) is 8.13. The van der Waals surface area contributed by atoms with Gasteiger partial charge in [-0.05, 0) is 55.8 Å². The van der Waals surface area contributed by atoms with Crippen LogP contribution in [-0.2, 0) is 11.3 Å². The van der Waals surface area contributed by atoms with Crippen molar-refractivity contribution in [2.45, 2.75) is 26.0 Å². The number of nitrogens with zero attached hydrogens (tertiary/aromatic N) is 2. The number of nitrogens with one attached hydrogen (secondary N) is 2. The van der Waals surface area contributed by atoms with Gasteiger partial charge < -0.3 is 25.2 Å². The van der Waals surface area contributed by atoms with E-state index in [9.17, 15) is 9.50 Å². The summed E-state index contributed by atoms with van der Waals surface area (Å²) < 4.78 is 24.1. The molecule has 3 N–H and O–H groups in total. The van der Waals surface area contributed by atoms with Crippen molar-refractivity contribution in [3.8, 4) is 11.5 Å². The Hall–Kier alpha value is -1.95. The molecule has 33 heavy (non-hydrogen) atoms. The van der Waals surface area contributed by atoms with E-state index in [1.165, 1.54) is 12.1 Å². The summed E-state index contributed by atoms with van der Waals surface area (Å²) in [5.74, 6) is 1.62. The van der Waals surface area contributed by atoms with Gasteiger partial charge in [-0.2, -0.15) is 0 Å². The van der Waals surface area contributed by atoms with E-state index >= 15 is 0 Å². The van der Waals surface area contributed by atoms with Crippen LogP contribution in [0.3, 0.4) is 0 Å². The molecular weight excluding hydrogens is 538 g/mol. The van der Waals surface area contributed by atoms with Crippen LogP contribution in [0.4, 0.5) is 4.39 Å². The van der Waals surface area contributed by atoms with Crippen molar-refractivity contribution in [2.75, 3.05) is 45.9 Å². The Bertz CT molecular complexity index is 857. The van der Waals surface area contributed by atoms with Crippen molar-refractivity contribution >= 4 is 29.9 Å². The molecular formula is C24H34FIN4O3. The van der Waals surface area contributed by atoms with Gasteiger partial charge in [-0.1, -0.05) is 12.1 Å². The molecule has 0 amide bonds. The quantitative estimate of drug-likeness (QED) is 0.243. The molecule has 9 heteroatoms. The van der Waals surface area contributed by atoms with E-state index < -0.39 is 5.60 Å². The van der Waals surface area contributed by atoms with E-state index in [0.717, 1.165) is 25.2 Å². The van der Waals surface area contributed by atoms with Crippen LogP contribution >= 0.6 is 24.0 Å². The van der Waals surface area contributed by atoms with Gasteiger partial charge in [-0.25, -0.2) is 9.38 Å². The number of aliphatic hydroxyl groups is 1. The fourth-order valence-electron chi connectivity index (χ4n) is 3.38. The lowest BCUT2D eigenvalue weighted by Crippen LogP contribution is -2.52. The molecule has 2 aromatic rings. The van der Waals surface area contributed by atoms with Gasteiger partial charge in [-0.15, -0.1) is 24.0 Å². The topological polar surface area (TPSA) is 78.4 Å². The first kappa shape index (κ1) is 27.3. The van der Waals surface area contributed by atoms with Crippen LogP contribution in [0.1, 0.15) is 19.4 Å². The number of guanidine groups is 1. The number of aliphatic imine (C=N–C) groups is 1. The predicted octanol–water partition coefficient (Wildman–Crippen LogP) is 3.37. The van der Waals surface area contributed by atoms with Crippen molar-refractivity contribution in [1.82, 2.24) is 15.5 Å². The molecule has 3 rings (SSSR count). The Kier molecular flexibility index (Phi) is 11.3. The van der Waals surface area contributed by atoms with E-state index in [0.29, 0.717) is 50.3 Å². The first-order chi connectivity index (χ1) is 15.4. The average Bonchev–Trinajstić information content (AvgIpc) is 2.79. The smallest absolute Gasteiger partial charge is 0.191 e. The lowest BCUT2D eigenvalue weighted by atomic mass is 10.1. The zero-order valence-corrected chi connectivity index (χ0v) is 21.6. The molecule has 0 aliphatic carbocycles. The number of hydrogen-bond donors (Lipinski definition) is 3. The maximum atomic E-state index is 13.0. The molecule has 0 saturated carbocycles. The van der Waals surface area contributed by atoms with Crippen molar-refractivity contribution in [3.05, 3.63) is 59.9 Å². The van der Waals surface area contributed by atoms with E-state index in [4.69, 9.17) is 9.47 Å². The molecule has 1 aliphatic heterocycles. The Morgan fingerprint density at radius 1 is 1.09 bits per heavy atom. The van der Waals surface area contributed by atoms with Gasteiger partial charge in [0.2, 0.25) is 0 Å². The van der Waals surface area contributed by atoms with Crippen molar-refractivity contribution in [1.29, 1.82) is 0 Å². The second-order valence-electron chi connectivity index (χ2n) is 8.13. The van der Waals surface area contributed by atoms with Crippen molar-refractivity contribution < 1.29 is 19.0 Å². The Balaban J connectivity index is 0.00000385. The van der Waals surface area contributed by atoms with Gasteiger partial charge in [0.15, 0.2) is 5.96 Å². The molecule has 7 nitrogen and oxygen atoms in total. The standard InChI is InChI=1S/C24H33FN4O3.HI/c1-3-26-23(28-17-24(2,30)18-29-12-14-31-15-13-29)27-16-19-4-8-21(9-5-19)32-22-10-6-20(25)7-11-22;/h4-11,30H,3,12-18H2,1-2H3,(H2,26,27,28);1H. The summed E-state index contributed by atoms with van der Waals surface area (Å²) in [5, 5.41) is 17.2. The number of β-amino-alcohol motifs (C(OH)–C–C–N with tert-alkyl or cyclic N) is 1. The highest BCUT2D eigenvalue weighted by Crippen LogP contribution is 2.22. The SMILES string of the molecule is CCNC(=NCc1ccc(Oc2ccc(F)cc2)cc1)NCC(C)(O)CN1CCOCC1.I.